The number of aryl methyl sites for hydroxylation is 2. The number of carbonyl (C=O) groups is 1. The molecule has 1 aliphatic carbocycles. The number of benzene rings is 1. The molecule has 0 spiro atoms. The Bertz CT molecular complexity index is 468. The van der Waals surface area contributed by atoms with Gasteiger partial charge in [0.15, 0.2) is 5.75 Å². The molecule has 90 valence electrons. The lowest BCUT2D eigenvalue weighted by Crippen LogP contribution is -2.35. The van der Waals surface area contributed by atoms with E-state index >= 15 is 0 Å². The molecule has 3 rings (SSSR count). The van der Waals surface area contributed by atoms with Gasteiger partial charge in [0.25, 0.3) is 5.91 Å². The Morgan fingerprint density at radius 2 is 1.76 bits per heavy atom. The number of nitrogens with zero attached hydrogens (tertiary/aromatic N) is 1. The highest BCUT2D eigenvalue weighted by Gasteiger charge is 2.23. The van der Waals surface area contributed by atoms with E-state index in [1.807, 2.05) is 0 Å². The zero-order valence-corrected chi connectivity index (χ0v) is 10.2. The van der Waals surface area contributed by atoms with Gasteiger partial charge in [0.2, 0.25) is 0 Å². The molecule has 3 nitrogen and oxygen atoms in total. The lowest BCUT2D eigenvalue weighted by molar-refractivity contribution is -0.154. The van der Waals surface area contributed by atoms with E-state index in [1.54, 1.807) is 7.05 Å². The van der Waals surface area contributed by atoms with Crippen LogP contribution in [0.25, 0.3) is 0 Å². The summed E-state index contributed by atoms with van der Waals surface area (Å²) in [6.45, 7) is 0. The smallest absolute Gasteiger partial charge is 0.259 e. The maximum atomic E-state index is 11.6. The zero-order chi connectivity index (χ0) is 11.8. The molecule has 3 heteroatoms. The van der Waals surface area contributed by atoms with Crippen molar-refractivity contribution in [2.75, 3.05) is 7.05 Å². The minimum Gasteiger partial charge on any atom is -0.377 e. The molecule has 1 aliphatic heterocycles. The molecule has 0 saturated carbocycles. The highest BCUT2D eigenvalue weighted by molar-refractivity contribution is 5.80. The van der Waals surface area contributed by atoms with Gasteiger partial charge in [-0.15, -0.1) is 0 Å². The molecule has 0 radical (unpaired) electrons. The van der Waals surface area contributed by atoms with E-state index < -0.39 is 0 Å². The van der Waals surface area contributed by atoms with E-state index in [1.165, 1.54) is 35.5 Å². The fraction of sp³-hybridized carbons (Fsp3) is 0.500. The Labute approximate surface area is 101 Å². The first kappa shape index (κ1) is 10.6. The van der Waals surface area contributed by atoms with Crippen LogP contribution < -0.4 is 4.84 Å². The van der Waals surface area contributed by atoms with Crippen LogP contribution in [-0.4, -0.2) is 18.0 Å². The van der Waals surface area contributed by atoms with Gasteiger partial charge in [-0.1, -0.05) is 12.5 Å². The average Bonchev–Trinajstić information content (AvgIpc) is 2.53. The molecular formula is C14H17NO2. The minimum atomic E-state index is 0.0334. The summed E-state index contributed by atoms with van der Waals surface area (Å²) in [5, 5.41) is 1.34. The number of rotatable bonds is 0. The van der Waals surface area contributed by atoms with E-state index in [0.29, 0.717) is 6.42 Å². The van der Waals surface area contributed by atoms with Gasteiger partial charge in [-0.3, -0.25) is 4.79 Å². The van der Waals surface area contributed by atoms with Crippen LogP contribution in [0.3, 0.4) is 0 Å². The Morgan fingerprint density at radius 3 is 2.53 bits per heavy atom. The maximum absolute atomic E-state index is 11.6. The largest absolute Gasteiger partial charge is 0.377 e. The molecule has 17 heavy (non-hydrogen) atoms. The second-order valence-corrected chi connectivity index (χ2v) is 4.95. The third-order valence-electron chi connectivity index (χ3n) is 3.70. The van der Waals surface area contributed by atoms with Crippen LogP contribution in [0.5, 0.6) is 5.75 Å². The van der Waals surface area contributed by atoms with Gasteiger partial charge >= 0.3 is 0 Å². The van der Waals surface area contributed by atoms with Crippen molar-refractivity contribution in [2.24, 2.45) is 0 Å². The van der Waals surface area contributed by atoms with Crippen LogP contribution in [0.1, 0.15) is 36.0 Å². The van der Waals surface area contributed by atoms with Gasteiger partial charge in [-0.25, -0.2) is 0 Å². The first-order chi connectivity index (χ1) is 8.24. The normalized spacial score (nSPS) is 19.1. The van der Waals surface area contributed by atoms with Gasteiger partial charge in [-0.05, 0) is 42.9 Å². The SMILES string of the molecule is CN1Oc2cc3c(cc2CC1=O)CCCCC3. The van der Waals surface area contributed by atoms with E-state index in [2.05, 4.69) is 12.1 Å². The van der Waals surface area contributed by atoms with E-state index in [9.17, 15) is 4.79 Å². The molecule has 0 bridgehead atoms. The Balaban J connectivity index is 2.02. The molecule has 1 amide bonds. The summed E-state index contributed by atoms with van der Waals surface area (Å²) in [7, 11) is 1.68. The fourth-order valence-corrected chi connectivity index (χ4v) is 2.69. The quantitative estimate of drug-likeness (QED) is 0.641. The number of carbonyl (C=O) groups excluding carboxylic acids is 1. The van der Waals surface area contributed by atoms with E-state index in [-0.39, 0.29) is 5.91 Å². The van der Waals surface area contributed by atoms with Gasteiger partial charge in [0.05, 0.1) is 6.42 Å². The molecule has 0 N–H and O–H groups in total. The van der Waals surface area contributed by atoms with Gasteiger partial charge < -0.3 is 4.84 Å². The molecule has 0 saturated heterocycles. The number of hydrogen-bond donors (Lipinski definition) is 0. The molecule has 2 aliphatic rings. The molecule has 1 aromatic rings. The van der Waals surface area contributed by atoms with Crippen molar-refractivity contribution in [1.29, 1.82) is 0 Å². The molecule has 1 heterocycles. The third-order valence-corrected chi connectivity index (χ3v) is 3.70. The monoisotopic (exact) mass is 231 g/mol. The second-order valence-electron chi connectivity index (χ2n) is 4.95. The topological polar surface area (TPSA) is 29.5 Å². The summed E-state index contributed by atoms with van der Waals surface area (Å²) in [6, 6.07) is 4.32. The Hall–Kier alpha value is -1.51. The van der Waals surface area contributed by atoms with Crippen molar-refractivity contribution in [3.63, 3.8) is 0 Å². The Morgan fingerprint density at radius 1 is 1.06 bits per heavy atom. The first-order valence-corrected chi connectivity index (χ1v) is 6.33. The first-order valence-electron chi connectivity index (χ1n) is 6.33. The molecular weight excluding hydrogens is 214 g/mol. The lowest BCUT2D eigenvalue weighted by Gasteiger charge is -2.26. The van der Waals surface area contributed by atoms with Crippen LogP contribution in [0.4, 0.5) is 0 Å². The lowest BCUT2D eigenvalue weighted by atomic mass is 9.97. The van der Waals surface area contributed by atoms with Crippen molar-refractivity contribution < 1.29 is 9.63 Å². The van der Waals surface area contributed by atoms with Crippen molar-refractivity contribution in [2.45, 2.75) is 38.5 Å². The summed E-state index contributed by atoms with van der Waals surface area (Å²) in [5.74, 6) is 0.902. The van der Waals surface area contributed by atoms with Crippen molar-refractivity contribution in [3.05, 3.63) is 28.8 Å². The molecule has 0 aromatic heterocycles. The summed E-state index contributed by atoms with van der Waals surface area (Å²) in [6.07, 6.45) is 6.59. The number of amides is 1. The van der Waals surface area contributed by atoms with Crippen molar-refractivity contribution in [1.82, 2.24) is 5.06 Å². The van der Waals surface area contributed by atoms with Crippen molar-refractivity contribution >= 4 is 5.91 Å². The zero-order valence-electron chi connectivity index (χ0n) is 10.2. The predicted molar refractivity (Wildman–Crippen MR) is 64.8 cm³/mol. The average molecular weight is 231 g/mol. The number of fused-ring (bicyclic) bond motifs is 2. The van der Waals surface area contributed by atoms with E-state index in [0.717, 1.165) is 24.2 Å². The third kappa shape index (κ3) is 1.90. The molecule has 0 fully saturated rings. The maximum Gasteiger partial charge on any atom is 0.259 e. The summed E-state index contributed by atoms with van der Waals surface area (Å²) in [4.78, 5) is 17.1. The van der Waals surface area contributed by atoms with Crippen LogP contribution in [0.2, 0.25) is 0 Å². The van der Waals surface area contributed by atoms with Gasteiger partial charge in [0.1, 0.15) is 0 Å². The Kier molecular flexibility index (Phi) is 2.54. The number of likely N-dealkylation sites (N-methyl/N-ethyl adjacent to an activating group) is 1. The van der Waals surface area contributed by atoms with Crippen LogP contribution >= 0.6 is 0 Å². The van der Waals surface area contributed by atoms with Crippen LogP contribution in [0.15, 0.2) is 12.1 Å². The van der Waals surface area contributed by atoms with Crippen LogP contribution in [0, 0.1) is 0 Å². The highest BCUT2D eigenvalue weighted by atomic mass is 16.7. The highest BCUT2D eigenvalue weighted by Crippen LogP contribution is 2.31. The molecule has 0 atom stereocenters. The standard InChI is InChI=1S/C14H17NO2/c1-15-14(16)9-12-7-10-5-3-2-4-6-11(10)8-13(12)17-15/h7-8H,2-6,9H2,1H3. The summed E-state index contributed by atoms with van der Waals surface area (Å²) in [5.41, 5.74) is 3.87. The van der Waals surface area contributed by atoms with Gasteiger partial charge in [0, 0.05) is 12.6 Å². The number of hydroxylamine groups is 2. The predicted octanol–water partition coefficient (Wildman–Crippen LogP) is 2.26. The van der Waals surface area contributed by atoms with Gasteiger partial charge in [-0.2, -0.15) is 5.06 Å². The summed E-state index contributed by atoms with van der Waals surface area (Å²) < 4.78 is 0. The minimum absolute atomic E-state index is 0.0334. The number of hydrogen-bond acceptors (Lipinski definition) is 2. The van der Waals surface area contributed by atoms with E-state index in [4.69, 9.17) is 4.84 Å². The summed E-state index contributed by atoms with van der Waals surface area (Å²) >= 11 is 0. The second kappa shape index (κ2) is 4.06. The fourth-order valence-electron chi connectivity index (χ4n) is 2.69. The van der Waals surface area contributed by atoms with Crippen LogP contribution in [-0.2, 0) is 24.1 Å². The molecule has 1 aromatic carbocycles. The van der Waals surface area contributed by atoms with Crippen molar-refractivity contribution in [3.8, 4) is 5.75 Å². The molecule has 0 unspecified atom stereocenters.